The standard InChI is InChI=1S/C19H16IN5O4/c1-2-29-19(26)14-5-3-4-6-15(14)24-18-16(25(27)28)17(21-11-22-18)23-13-9-7-12(20)8-10-13/h3-11H,2H2,1H3,(H2,21,22,23,24). The lowest BCUT2D eigenvalue weighted by Crippen LogP contribution is -2.10. The van der Waals surface area contributed by atoms with Crippen molar-refractivity contribution in [2.24, 2.45) is 0 Å². The summed E-state index contributed by atoms with van der Waals surface area (Å²) >= 11 is 2.17. The highest BCUT2D eigenvalue weighted by atomic mass is 127. The molecule has 2 aromatic carbocycles. The van der Waals surface area contributed by atoms with Crippen molar-refractivity contribution in [1.82, 2.24) is 9.97 Å². The Balaban J connectivity index is 1.98. The first kappa shape index (κ1) is 20.5. The van der Waals surface area contributed by atoms with E-state index in [2.05, 4.69) is 43.2 Å². The topological polar surface area (TPSA) is 119 Å². The minimum absolute atomic E-state index is 0.0299. The molecule has 0 radical (unpaired) electrons. The van der Waals surface area contributed by atoms with Crippen molar-refractivity contribution in [2.75, 3.05) is 17.2 Å². The third kappa shape index (κ3) is 4.96. The Hall–Kier alpha value is -3.28. The SMILES string of the molecule is CCOC(=O)c1ccccc1Nc1ncnc(Nc2ccc(I)cc2)c1[N+](=O)[O-]. The second-order valence-corrected chi connectivity index (χ2v) is 6.95. The van der Waals surface area contributed by atoms with Gasteiger partial charge in [0.15, 0.2) is 0 Å². The molecule has 0 bridgehead atoms. The number of benzene rings is 2. The number of hydrogen-bond acceptors (Lipinski definition) is 8. The molecular formula is C19H16IN5O4. The van der Waals surface area contributed by atoms with Crippen LogP contribution in [0.15, 0.2) is 54.9 Å². The number of rotatable bonds is 7. The van der Waals surface area contributed by atoms with Gasteiger partial charge in [-0.25, -0.2) is 14.8 Å². The number of hydrogen-bond donors (Lipinski definition) is 2. The van der Waals surface area contributed by atoms with Gasteiger partial charge in [0, 0.05) is 9.26 Å². The number of para-hydroxylation sites is 1. The van der Waals surface area contributed by atoms with Gasteiger partial charge in [0.1, 0.15) is 6.33 Å². The number of ether oxygens (including phenoxy) is 1. The zero-order valence-electron chi connectivity index (χ0n) is 15.3. The van der Waals surface area contributed by atoms with Gasteiger partial charge in [-0.05, 0) is 65.9 Å². The molecule has 10 heteroatoms. The van der Waals surface area contributed by atoms with E-state index in [1.54, 1.807) is 43.3 Å². The van der Waals surface area contributed by atoms with Crippen molar-refractivity contribution in [3.8, 4) is 0 Å². The van der Waals surface area contributed by atoms with Crippen molar-refractivity contribution in [1.29, 1.82) is 0 Å². The smallest absolute Gasteiger partial charge is 0.353 e. The Morgan fingerprint density at radius 2 is 1.76 bits per heavy atom. The molecule has 9 nitrogen and oxygen atoms in total. The molecule has 0 aliphatic rings. The quantitative estimate of drug-likeness (QED) is 0.206. The lowest BCUT2D eigenvalue weighted by atomic mass is 10.2. The zero-order chi connectivity index (χ0) is 20.8. The fourth-order valence-corrected chi connectivity index (χ4v) is 2.87. The third-order valence-electron chi connectivity index (χ3n) is 3.79. The maximum absolute atomic E-state index is 12.2. The molecule has 0 aliphatic heterocycles. The van der Waals surface area contributed by atoms with E-state index in [9.17, 15) is 14.9 Å². The predicted octanol–water partition coefficient (Wildman–Crippen LogP) is 4.65. The minimum atomic E-state index is -0.579. The number of nitrogens with one attached hydrogen (secondary N) is 2. The molecule has 0 atom stereocenters. The van der Waals surface area contributed by atoms with Crippen LogP contribution in [0.3, 0.4) is 0 Å². The summed E-state index contributed by atoms with van der Waals surface area (Å²) in [6.45, 7) is 1.91. The summed E-state index contributed by atoms with van der Waals surface area (Å²) < 4.78 is 6.07. The molecule has 0 saturated heterocycles. The van der Waals surface area contributed by atoms with E-state index in [1.165, 1.54) is 6.33 Å². The first-order chi connectivity index (χ1) is 14.0. The van der Waals surface area contributed by atoms with E-state index in [1.807, 2.05) is 12.1 Å². The van der Waals surface area contributed by atoms with Crippen molar-refractivity contribution in [2.45, 2.75) is 6.92 Å². The van der Waals surface area contributed by atoms with Crippen LogP contribution in [-0.4, -0.2) is 27.5 Å². The van der Waals surface area contributed by atoms with Gasteiger partial charge in [0.2, 0.25) is 11.6 Å². The zero-order valence-corrected chi connectivity index (χ0v) is 17.4. The molecule has 3 aromatic rings. The summed E-state index contributed by atoms with van der Waals surface area (Å²) in [6.07, 6.45) is 1.21. The lowest BCUT2D eigenvalue weighted by Gasteiger charge is -2.12. The maximum Gasteiger partial charge on any atom is 0.353 e. The second kappa shape index (κ2) is 9.28. The Labute approximate surface area is 179 Å². The van der Waals surface area contributed by atoms with Gasteiger partial charge < -0.3 is 15.4 Å². The first-order valence-corrected chi connectivity index (χ1v) is 9.62. The van der Waals surface area contributed by atoms with Crippen LogP contribution in [0.1, 0.15) is 17.3 Å². The van der Waals surface area contributed by atoms with Gasteiger partial charge in [0.25, 0.3) is 0 Å². The third-order valence-corrected chi connectivity index (χ3v) is 4.51. The van der Waals surface area contributed by atoms with Gasteiger partial charge in [0.05, 0.1) is 22.8 Å². The number of esters is 1. The molecule has 3 rings (SSSR count). The van der Waals surface area contributed by atoms with E-state index in [0.29, 0.717) is 11.4 Å². The monoisotopic (exact) mass is 505 g/mol. The molecule has 1 aromatic heterocycles. The van der Waals surface area contributed by atoms with Crippen molar-refractivity contribution >= 4 is 57.3 Å². The van der Waals surface area contributed by atoms with Gasteiger partial charge in [-0.15, -0.1) is 0 Å². The summed E-state index contributed by atoms with van der Waals surface area (Å²) in [7, 11) is 0. The average molecular weight is 505 g/mol. The molecule has 0 aliphatic carbocycles. The van der Waals surface area contributed by atoms with E-state index in [4.69, 9.17) is 4.74 Å². The van der Waals surface area contributed by atoms with Gasteiger partial charge in [-0.1, -0.05) is 12.1 Å². The van der Waals surface area contributed by atoms with Crippen LogP contribution in [0.25, 0.3) is 0 Å². The molecule has 29 heavy (non-hydrogen) atoms. The fraction of sp³-hybridized carbons (Fsp3) is 0.105. The number of aromatic nitrogens is 2. The van der Waals surface area contributed by atoms with Crippen LogP contribution in [0.4, 0.5) is 28.7 Å². The summed E-state index contributed by atoms with van der Waals surface area (Å²) in [5.41, 5.74) is 0.886. The molecular weight excluding hydrogens is 489 g/mol. The Bertz CT molecular complexity index is 1040. The van der Waals surface area contributed by atoms with Crippen LogP contribution in [-0.2, 0) is 4.74 Å². The molecule has 0 amide bonds. The van der Waals surface area contributed by atoms with E-state index < -0.39 is 10.9 Å². The Morgan fingerprint density at radius 1 is 1.10 bits per heavy atom. The van der Waals surface area contributed by atoms with Gasteiger partial charge >= 0.3 is 11.7 Å². The summed E-state index contributed by atoms with van der Waals surface area (Å²) in [6, 6.07) is 13.9. The number of nitrogens with zero attached hydrogens (tertiary/aromatic N) is 3. The highest BCUT2D eigenvalue weighted by molar-refractivity contribution is 14.1. The number of halogens is 1. The highest BCUT2D eigenvalue weighted by Crippen LogP contribution is 2.33. The van der Waals surface area contributed by atoms with Gasteiger partial charge in [-0.3, -0.25) is 10.1 Å². The Morgan fingerprint density at radius 3 is 2.41 bits per heavy atom. The van der Waals surface area contributed by atoms with Crippen LogP contribution in [0, 0.1) is 13.7 Å². The van der Waals surface area contributed by atoms with Crippen LogP contribution >= 0.6 is 22.6 Å². The molecule has 0 saturated carbocycles. The number of carbonyl (C=O) groups is 1. The van der Waals surface area contributed by atoms with Crippen molar-refractivity contribution < 1.29 is 14.5 Å². The van der Waals surface area contributed by atoms with Gasteiger partial charge in [-0.2, -0.15) is 0 Å². The molecule has 148 valence electrons. The summed E-state index contributed by atoms with van der Waals surface area (Å²) in [4.78, 5) is 31.4. The minimum Gasteiger partial charge on any atom is -0.462 e. The van der Waals surface area contributed by atoms with Crippen LogP contribution < -0.4 is 10.6 Å². The van der Waals surface area contributed by atoms with Crippen LogP contribution in [0.2, 0.25) is 0 Å². The Kier molecular flexibility index (Phi) is 6.54. The van der Waals surface area contributed by atoms with E-state index >= 15 is 0 Å². The molecule has 0 unspecified atom stereocenters. The summed E-state index contributed by atoms with van der Waals surface area (Å²) in [5.74, 6) is -0.554. The normalized spacial score (nSPS) is 10.3. The average Bonchev–Trinajstić information content (AvgIpc) is 2.70. The lowest BCUT2D eigenvalue weighted by molar-refractivity contribution is -0.383. The van der Waals surface area contributed by atoms with E-state index in [0.717, 1.165) is 3.57 Å². The maximum atomic E-state index is 12.2. The number of carbonyl (C=O) groups excluding carboxylic acids is 1. The fourth-order valence-electron chi connectivity index (χ4n) is 2.51. The van der Waals surface area contributed by atoms with Crippen molar-refractivity contribution in [3.05, 3.63) is 74.1 Å². The number of nitro groups is 1. The molecule has 0 fully saturated rings. The molecule has 2 N–H and O–H groups in total. The summed E-state index contributed by atoms with van der Waals surface area (Å²) in [5, 5.41) is 17.6. The second-order valence-electron chi connectivity index (χ2n) is 5.70. The first-order valence-electron chi connectivity index (χ1n) is 8.54. The molecule has 0 spiro atoms. The molecule has 1 heterocycles. The van der Waals surface area contributed by atoms with Crippen molar-refractivity contribution in [3.63, 3.8) is 0 Å². The number of anilines is 4. The predicted molar refractivity (Wildman–Crippen MR) is 117 cm³/mol. The van der Waals surface area contributed by atoms with E-state index in [-0.39, 0.29) is 29.5 Å². The highest BCUT2D eigenvalue weighted by Gasteiger charge is 2.24. The van der Waals surface area contributed by atoms with Crippen LogP contribution in [0.5, 0.6) is 0 Å². The largest absolute Gasteiger partial charge is 0.462 e.